The van der Waals surface area contributed by atoms with Crippen molar-refractivity contribution < 1.29 is 9.53 Å². The van der Waals surface area contributed by atoms with Crippen LogP contribution in [0, 0.1) is 5.92 Å². The van der Waals surface area contributed by atoms with Crippen molar-refractivity contribution in [3.8, 4) is 5.75 Å². The Morgan fingerprint density at radius 2 is 2.05 bits per heavy atom. The van der Waals surface area contributed by atoms with E-state index in [4.69, 9.17) is 10.5 Å². The lowest BCUT2D eigenvalue weighted by Crippen LogP contribution is -2.35. The van der Waals surface area contributed by atoms with Gasteiger partial charge in [0.2, 0.25) is 5.91 Å². The van der Waals surface area contributed by atoms with Crippen LogP contribution in [0.25, 0.3) is 0 Å². The maximum atomic E-state index is 11.4. The number of amides is 1. The molecule has 3 N–H and O–H groups in total. The molecule has 0 saturated heterocycles. The molecule has 1 unspecified atom stereocenters. The minimum Gasteiger partial charge on any atom is -0.494 e. The zero-order valence-corrected chi connectivity index (χ0v) is 13.3. The summed E-state index contributed by atoms with van der Waals surface area (Å²) in [4.78, 5) is 13.6. The summed E-state index contributed by atoms with van der Waals surface area (Å²) in [6.45, 7) is 4.81. The van der Waals surface area contributed by atoms with E-state index in [1.54, 1.807) is 7.05 Å². The van der Waals surface area contributed by atoms with Crippen LogP contribution < -0.4 is 15.8 Å². The molecular formula is C16H27N3O2. The number of hydrogen-bond acceptors (Lipinski definition) is 4. The molecule has 1 aromatic carbocycles. The quantitative estimate of drug-likeness (QED) is 0.672. The molecule has 0 aliphatic carbocycles. The molecule has 5 heteroatoms. The first-order valence-electron chi connectivity index (χ1n) is 7.38. The zero-order valence-electron chi connectivity index (χ0n) is 13.3. The van der Waals surface area contributed by atoms with Gasteiger partial charge in [0.15, 0.2) is 0 Å². The Kier molecular flexibility index (Phi) is 7.79. The van der Waals surface area contributed by atoms with Gasteiger partial charge in [-0.15, -0.1) is 0 Å². The molecule has 0 aliphatic rings. The van der Waals surface area contributed by atoms with Crippen molar-refractivity contribution >= 4 is 5.91 Å². The summed E-state index contributed by atoms with van der Waals surface area (Å²) in [5, 5.41) is 2.67. The highest BCUT2D eigenvalue weighted by Crippen LogP contribution is 2.12. The Hall–Kier alpha value is -1.59. The summed E-state index contributed by atoms with van der Waals surface area (Å²) in [6.07, 6.45) is 0.926. The molecule has 118 valence electrons. The van der Waals surface area contributed by atoms with Gasteiger partial charge in [0.1, 0.15) is 5.75 Å². The molecule has 0 fully saturated rings. The number of nitrogens with two attached hydrogens (primary N) is 1. The van der Waals surface area contributed by atoms with Crippen LogP contribution in [0.3, 0.4) is 0 Å². The number of nitrogens with zero attached hydrogens (tertiary/aromatic N) is 1. The van der Waals surface area contributed by atoms with Gasteiger partial charge in [-0.05, 0) is 31.2 Å². The zero-order chi connectivity index (χ0) is 15.7. The van der Waals surface area contributed by atoms with Gasteiger partial charge < -0.3 is 20.7 Å². The van der Waals surface area contributed by atoms with Crippen LogP contribution >= 0.6 is 0 Å². The Labute approximate surface area is 127 Å². The molecule has 5 nitrogen and oxygen atoms in total. The van der Waals surface area contributed by atoms with E-state index in [2.05, 4.69) is 10.2 Å². The van der Waals surface area contributed by atoms with Crippen LogP contribution in [0.5, 0.6) is 5.75 Å². The number of carbonyl (C=O) groups is 1. The van der Waals surface area contributed by atoms with Crippen molar-refractivity contribution in [1.29, 1.82) is 0 Å². The van der Waals surface area contributed by atoms with Crippen LogP contribution in [0.2, 0.25) is 0 Å². The molecule has 0 spiro atoms. The second-order valence-corrected chi connectivity index (χ2v) is 5.33. The Balaban J connectivity index is 2.19. The van der Waals surface area contributed by atoms with Gasteiger partial charge in [0, 0.05) is 32.6 Å². The standard InChI is InChI=1S/C16H27N3O2/c1-13(16(20)18-2)12-19(3)9-4-10-21-15-7-5-14(11-17)6-8-15/h5-8,13H,4,9-12,17H2,1-3H3,(H,18,20). The van der Waals surface area contributed by atoms with E-state index in [9.17, 15) is 4.79 Å². The maximum absolute atomic E-state index is 11.4. The summed E-state index contributed by atoms with van der Waals surface area (Å²) >= 11 is 0. The minimum absolute atomic E-state index is 0.00438. The number of nitrogens with one attached hydrogen (secondary N) is 1. The molecule has 0 saturated carbocycles. The van der Waals surface area contributed by atoms with Gasteiger partial charge >= 0.3 is 0 Å². The second-order valence-electron chi connectivity index (χ2n) is 5.33. The Morgan fingerprint density at radius 3 is 2.62 bits per heavy atom. The number of ether oxygens (including phenoxy) is 1. The lowest BCUT2D eigenvalue weighted by atomic mass is 10.1. The van der Waals surface area contributed by atoms with Gasteiger partial charge in [-0.25, -0.2) is 0 Å². The fourth-order valence-electron chi connectivity index (χ4n) is 2.13. The molecule has 21 heavy (non-hydrogen) atoms. The van der Waals surface area contributed by atoms with Crippen molar-refractivity contribution in [3.63, 3.8) is 0 Å². The third kappa shape index (κ3) is 6.60. The fourth-order valence-corrected chi connectivity index (χ4v) is 2.13. The summed E-state index contributed by atoms with van der Waals surface area (Å²) in [6, 6.07) is 7.85. The molecule has 0 bridgehead atoms. The molecule has 1 rings (SSSR count). The van der Waals surface area contributed by atoms with E-state index in [0.717, 1.165) is 30.8 Å². The van der Waals surface area contributed by atoms with E-state index in [0.29, 0.717) is 13.2 Å². The van der Waals surface area contributed by atoms with Gasteiger partial charge in [0.25, 0.3) is 0 Å². The lowest BCUT2D eigenvalue weighted by Gasteiger charge is -2.20. The Bertz CT molecular complexity index is 420. The van der Waals surface area contributed by atoms with Crippen LogP contribution in [0.4, 0.5) is 0 Å². The molecule has 0 radical (unpaired) electrons. The van der Waals surface area contributed by atoms with E-state index < -0.39 is 0 Å². The average Bonchev–Trinajstić information content (AvgIpc) is 2.51. The summed E-state index contributed by atoms with van der Waals surface area (Å²) in [5.41, 5.74) is 6.65. The largest absolute Gasteiger partial charge is 0.494 e. The SMILES string of the molecule is CNC(=O)C(C)CN(C)CCCOc1ccc(CN)cc1. The smallest absolute Gasteiger partial charge is 0.223 e. The summed E-state index contributed by atoms with van der Waals surface area (Å²) in [7, 11) is 3.69. The highest BCUT2D eigenvalue weighted by atomic mass is 16.5. The first-order valence-corrected chi connectivity index (χ1v) is 7.38. The lowest BCUT2D eigenvalue weighted by molar-refractivity contribution is -0.124. The molecule has 0 aromatic heterocycles. The van der Waals surface area contributed by atoms with Gasteiger partial charge in [-0.1, -0.05) is 19.1 Å². The molecule has 1 aromatic rings. The molecule has 0 aliphatic heterocycles. The number of benzene rings is 1. The van der Waals surface area contributed by atoms with Crippen molar-refractivity contribution in [1.82, 2.24) is 10.2 Å². The van der Waals surface area contributed by atoms with Gasteiger partial charge in [-0.3, -0.25) is 4.79 Å². The fraction of sp³-hybridized carbons (Fsp3) is 0.562. The van der Waals surface area contributed by atoms with E-state index >= 15 is 0 Å². The van der Waals surface area contributed by atoms with E-state index in [1.807, 2.05) is 38.2 Å². The highest BCUT2D eigenvalue weighted by molar-refractivity contribution is 5.78. The number of carbonyl (C=O) groups excluding carboxylic acids is 1. The van der Waals surface area contributed by atoms with Crippen molar-refractivity contribution in [2.45, 2.75) is 19.9 Å². The third-order valence-corrected chi connectivity index (χ3v) is 3.39. The normalized spacial score (nSPS) is 12.2. The molecule has 0 heterocycles. The second kappa shape index (κ2) is 9.37. The molecule has 1 atom stereocenters. The van der Waals surface area contributed by atoms with Crippen LogP contribution in [-0.4, -0.2) is 44.6 Å². The predicted molar refractivity (Wildman–Crippen MR) is 85.2 cm³/mol. The predicted octanol–water partition coefficient (Wildman–Crippen LogP) is 1.23. The van der Waals surface area contributed by atoms with Gasteiger partial charge in [-0.2, -0.15) is 0 Å². The summed E-state index contributed by atoms with van der Waals surface area (Å²) < 4.78 is 5.68. The minimum atomic E-state index is 0.00438. The first-order chi connectivity index (χ1) is 10.1. The Morgan fingerprint density at radius 1 is 1.38 bits per heavy atom. The third-order valence-electron chi connectivity index (χ3n) is 3.39. The van der Waals surface area contributed by atoms with E-state index in [-0.39, 0.29) is 11.8 Å². The highest BCUT2D eigenvalue weighted by Gasteiger charge is 2.13. The van der Waals surface area contributed by atoms with Gasteiger partial charge in [0.05, 0.1) is 6.61 Å². The molecule has 1 amide bonds. The van der Waals surface area contributed by atoms with Crippen LogP contribution in [-0.2, 0) is 11.3 Å². The number of hydrogen-bond donors (Lipinski definition) is 2. The summed E-state index contributed by atoms with van der Waals surface area (Å²) in [5.74, 6) is 0.955. The average molecular weight is 293 g/mol. The van der Waals surface area contributed by atoms with Crippen molar-refractivity contribution in [2.75, 3.05) is 33.8 Å². The van der Waals surface area contributed by atoms with Crippen LogP contribution in [0.15, 0.2) is 24.3 Å². The maximum Gasteiger partial charge on any atom is 0.223 e. The number of rotatable bonds is 9. The molecular weight excluding hydrogens is 266 g/mol. The topological polar surface area (TPSA) is 67.6 Å². The van der Waals surface area contributed by atoms with Crippen LogP contribution in [0.1, 0.15) is 18.9 Å². The van der Waals surface area contributed by atoms with E-state index in [1.165, 1.54) is 0 Å². The first kappa shape index (κ1) is 17.5. The monoisotopic (exact) mass is 293 g/mol. The van der Waals surface area contributed by atoms with Crippen molar-refractivity contribution in [2.24, 2.45) is 11.7 Å². The van der Waals surface area contributed by atoms with Crippen molar-refractivity contribution in [3.05, 3.63) is 29.8 Å².